The molecule has 20 heavy (non-hydrogen) atoms. The first-order valence-electron chi connectivity index (χ1n) is 7.23. The second kappa shape index (κ2) is 6.27. The van der Waals surface area contributed by atoms with Gasteiger partial charge in [-0.3, -0.25) is 4.79 Å². The Morgan fingerprint density at radius 1 is 1.25 bits per heavy atom. The maximum atomic E-state index is 12.3. The van der Waals surface area contributed by atoms with E-state index in [0.29, 0.717) is 0 Å². The van der Waals surface area contributed by atoms with E-state index in [2.05, 4.69) is 5.32 Å². The minimum Gasteiger partial charge on any atom is -0.490 e. The first-order chi connectivity index (χ1) is 9.53. The van der Waals surface area contributed by atoms with E-state index in [4.69, 9.17) is 4.74 Å². The number of ether oxygens (including phenoxy) is 1. The Bertz CT molecular complexity index is 437. The summed E-state index contributed by atoms with van der Waals surface area (Å²) >= 11 is 0. The molecule has 0 atom stereocenters. The van der Waals surface area contributed by atoms with Crippen LogP contribution in [0.15, 0.2) is 30.3 Å². The maximum absolute atomic E-state index is 12.3. The van der Waals surface area contributed by atoms with Crippen LogP contribution in [0.25, 0.3) is 0 Å². The van der Waals surface area contributed by atoms with Gasteiger partial charge in [-0.05, 0) is 33.0 Å². The van der Waals surface area contributed by atoms with Crippen molar-refractivity contribution in [2.24, 2.45) is 0 Å². The van der Waals surface area contributed by atoms with Gasteiger partial charge in [-0.1, -0.05) is 18.2 Å². The number of para-hydroxylation sites is 1. The van der Waals surface area contributed by atoms with Gasteiger partial charge in [0, 0.05) is 25.9 Å². The lowest BCUT2D eigenvalue weighted by Gasteiger charge is -2.36. The molecule has 0 spiro atoms. The average Bonchev–Trinajstić information content (AvgIpc) is 2.48. The molecule has 0 aromatic heterocycles. The smallest absolute Gasteiger partial charge is 0.242 e. The van der Waals surface area contributed by atoms with Crippen molar-refractivity contribution in [3.05, 3.63) is 30.3 Å². The van der Waals surface area contributed by atoms with Crippen molar-refractivity contribution < 1.29 is 9.53 Å². The first-order valence-corrected chi connectivity index (χ1v) is 7.23. The van der Waals surface area contributed by atoms with Crippen LogP contribution in [0.2, 0.25) is 0 Å². The van der Waals surface area contributed by atoms with Gasteiger partial charge in [0.05, 0.1) is 5.54 Å². The Morgan fingerprint density at radius 2 is 1.85 bits per heavy atom. The van der Waals surface area contributed by atoms with Crippen LogP contribution in [-0.2, 0) is 4.79 Å². The van der Waals surface area contributed by atoms with Gasteiger partial charge in [0.15, 0.2) is 0 Å². The highest BCUT2D eigenvalue weighted by Gasteiger charge is 2.33. The molecule has 0 unspecified atom stereocenters. The summed E-state index contributed by atoms with van der Waals surface area (Å²) in [6, 6.07) is 9.88. The molecule has 1 aromatic rings. The van der Waals surface area contributed by atoms with E-state index in [0.717, 1.165) is 31.7 Å². The van der Waals surface area contributed by atoms with Crippen LogP contribution in [0.4, 0.5) is 0 Å². The molecule has 1 heterocycles. The van der Waals surface area contributed by atoms with Crippen LogP contribution >= 0.6 is 0 Å². The van der Waals surface area contributed by atoms with Gasteiger partial charge >= 0.3 is 0 Å². The number of rotatable bonds is 4. The van der Waals surface area contributed by atoms with E-state index in [1.165, 1.54) is 0 Å². The third-order valence-corrected chi connectivity index (χ3v) is 3.93. The van der Waals surface area contributed by atoms with Gasteiger partial charge < -0.3 is 15.0 Å². The zero-order valence-electron chi connectivity index (χ0n) is 12.6. The zero-order valence-corrected chi connectivity index (χ0v) is 12.6. The number of likely N-dealkylation sites (N-methyl/N-ethyl adjacent to an activating group) is 1. The topological polar surface area (TPSA) is 41.6 Å². The fourth-order valence-corrected chi connectivity index (χ4v) is 2.37. The molecule has 0 radical (unpaired) electrons. The SMILES string of the molecule is CNC(C)(C)C(=O)N1CCC(Oc2ccccc2)CC1. The molecule has 110 valence electrons. The largest absolute Gasteiger partial charge is 0.490 e. The lowest BCUT2D eigenvalue weighted by Crippen LogP contribution is -2.55. The van der Waals surface area contributed by atoms with Crippen LogP contribution in [0, 0.1) is 0 Å². The minimum absolute atomic E-state index is 0.165. The highest BCUT2D eigenvalue weighted by atomic mass is 16.5. The van der Waals surface area contributed by atoms with Crippen molar-refractivity contribution in [1.29, 1.82) is 0 Å². The molecule has 1 amide bonds. The molecule has 1 fully saturated rings. The Hall–Kier alpha value is -1.55. The van der Waals surface area contributed by atoms with E-state index < -0.39 is 5.54 Å². The Balaban J connectivity index is 1.85. The normalized spacial score (nSPS) is 17.1. The van der Waals surface area contributed by atoms with Crippen molar-refractivity contribution in [3.8, 4) is 5.75 Å². The molecule has 1 N–H and O–H groups in total. The van der Waals surface area contributed by atoms with Crippen molar-refractivity contribution in [1.82, 2.24) is 10.2 Å². The molecule has 0 aliphatic carbocycles. The summed E-state index contributed by atoms with van der Waals surface area (Å²) in [6.45, 7) is 5.37. The predicted octanol–water partition coefficient (Wildman–Crippen LogP) is 2.05. The van der Waals surface area contributed by atoms with Gasteiger partial charge in [0.1, 0.15) is 11.9 Å². The van der Waals surface area contributed by atoms with Crippen molar-refractivity contribution in [3.63, 3.8) is 0 Å². The van der Waals surface area contributed by atoms with Crippen LogP contribution in [0.3, 0.4) is 0 Å². The average molecular weight is 276 g/mol. The summed E-state index contributed by atoms with van der Waals surface area (Å²) in [5, 5.41) is 3.07. The second-order valence-electron chi connectivity index (χ2n) is 5.80. The molecule has 1 aliphatic rings. The summed E-state index contributed by atoms with van der Waals surface area (Å²) in [5.74, 6) is 1.07. The van der Waals surface area contributed by atoms with E-state index in [9.17, 15) is 4.79 Å². The van der Waals surface area contributed by atoms with Crippen LogP contribution < -0.4 is 10.1 Å². The quantitative estimate of drug-likeness (QED) is 0.915. The van der Waals surface area contributed by atoms with Gasteiger partial charge in [0.2, 0.25) is 5.91 Å². The molecule has 2 rings (SSSR count). The number of benzene rings is 1. The zero-order chi connectivity index (χ0) is 14.6. The van der Waals surface area contributed by atoms with Gasteiger partial charge in [-0.25, -0.2) is 0 Å². The third kappa shape index (κ3) is 3.51. The number of nitrogens with zero attached hydrogens (tertiary/aromatic N) is 1. The van der Waals surface area contributed by atoms with Gasteiger partial charge in [-0.2, -0.15) is 0 Å². The Kier molecular flexibility index (Phi) is 4.65. The summed E-state index contributed by atoms with van der Waals surface area (Å²) in [5.41, 5.74) is -0.493. The maximum Gasteiger partial charge on any atom is 0.242 e. The third-order valence-electron chi connectivity index (χ3n) is 3.93. The van der Waals surface area contributed by atoms with Crippen molar-refractivity contribution in [2.75, 3.05) is 20.1 Å². The van der Waals surface area contributed by atoms with Crippen LogP contribution in [-0.4, -0.2) is 42.6 Å². The van der Waals surface area contributed by atoms with Crippen LogP contribution in [0.1, 0.15) is 26.7 Å². The summed E-state index contributed by atoms with van der Waals surface area (Å²) in [7, 11) is 1.82. The van der Waals surface area contributed by atoms with E-state index in [-0.39, 0.29) is 12.0 Å². The first kappa shape index (κ1) is 14.9. The number of nitrogens with one attached hydrogen (secondary N) is 1. The fourth-order valence-electron chi connectivity index (χ4n) is 2.37. The van der Waals surface area contributed by atoms with Gasteiger partial charge in [-0.15, -0.1) is 0 Å². The molecule has 1 saturated heterocycles. The highest BCUT2D eigenvalue weighted by Crippen LogP contribution is 2.20. The van der Waals surface area contributed by atoms with Crippen molar-refractivity contribution in [2.45, 2.75) is 38.3 Å². The lowest BCUT2D eigenvalue weighted by molar-refractivity contribution is -0.138. The van der Waals surface area contributed by atoms with E-state index in [1.807, 2.05) is 56.1 Å². The molecule has 4 heteroatoms. The molecule has 0 bridgehead atoms. The number of carbonyl (C=O) groups is 1. The van der Waals surface area contributed by atoms with Crippen LogP contribution in [0.5, 0.6) is 5.75 Å². The standard InChI is InChI=1S/C16H24N2O2/c1-16(2,17-3)15(19)18-11-9-14(10-12-18)20-13-7-5-4-6-8-13/h4-8,14,17H,9-12H2,1-3H3. The number of piperidine rings is 1. The predicted molar refractivity (Wildman–Crippen MR) is 79.8 cm³/mol. The molecule has 1 aliphatic heterocycles. The minimum atomic E-state index is -0.493. The number of carbonyl (C=O) groups excluding carboxylic acids is 1. The molecular weight excluding hydrogens is 252 g/mol. The summed E-state index contributed by atoms with van der Waals surface area (Å²) in [4.78, 5) is 14.3. The molecule has 1 aromatic carbocycles. The fraction of sp³-hybridized carbons (Fsp3) is 0.562. The molecular formula is C16H24N2O2. The monoisotopic (exact) mass is 276 g/mol. The Morgan fingerprint density at radius 3 is 2.40 bits per heavy atom. The number of hydrogen-bond donors (Lipinski definition) is 1. The second-order valence-corrected chi connectivity index (χ2v) is 5.80. The molecule has 0 saturated carbocycles. The number of amides is 1. The molecule has 4 nitrogen and oxygen atoms in total. The highest BCUT2D eigenvalue weighted by molar-refractivity contribution is 5.85. The Labute approximate surface area is 121 Å². The number of hydrogen-bond acceptors (Lipinski definition) is 3. The van der Waals surface area contributed by atoms with E-state index >= 15 is 0 Å². The lowest BCUT2D eigenvalue weighted by atomic mass is 10.0. The van der Waals surface area contributed by atoms with Gasteiger partial charge in [0.25, 0.3) is 0 Å². The summed E-state index contributed by atoms with van der Waals surface area (Å²) in [6.07, 6.45) is 1.99. The van der Waals surface area contributed by atoms with E-state index in [1.54, 1.807) is 0 Å². The number of likely N-dealkylation sites (tertiary alicyclic amines) is 1. The van der Waals surface area contributed by atoms with Crippen molar-refractivity contribution >= 4 is 5.91 Å². The summed E-state index contributed by atoms with van der Waals surface area (Å²) < 4.78 is 5.94.